The van der Waals surface area contributed by atoms with Crippen molar-refractivity contribution in [2.75, 3.05) is 21.2 Å². The van der Waals surface area contributed by atoms with E-state index in [1.807, 2.05) is 25.3 Å². The van der Waals surface area contributed by atoms with Crippen LogP contribution in [0.5, 0.6) is 0 Å². The molecule has 11 heavy (non-hydrogen) atoms. The monoisotopic (exact) mass is 158 g/mol. The predicted molar refractivity (Wildman–Crippen MR) is 46.8 cm³/mol. The molecular weight excluding hydrogens is 140 g/mol. The van der Waals surface area contributed by atoms with Gasteiger partial charge in [0.15, 0.2) is 0 Å². The number of methoxy groups -OCH3 is 1. The van der Waals surface area contributed by atoms with E-state index in [1.54, 1.807) is 7.11 Å². The average molecular weight is 158 g/mol. The first-order valence-corrected chi connectivity index (χ1v) is 3.77. The van der Waals surface area contributed by atoms with E-state index in [-0.39, 0.29) is 0 Å². The Balaban J connectivity index is 4.10. The topological polar surface area (TPSA) is 24.5 Å². The lowest BCUT2D eigenvalue weighted by Crippen LogP contribution is -2.26. The molecule has 0 spiro atoms. The Bertz CT molecular complexity index is 132. The van der Waals surface area contributed by atoms with Gasteiger partial charge < -0.3 is 9.75 Å². The van der Waals surface area contributed by atoms with E-state index >= 15 is 0 Å². The van der Waals surface area contributed by atoms with Crippen molar-refractivity contribution in [3.8, 4) is 0 Å². The quantitative estimate of drug-likeness (QED) is 0.491. The summed E-state index contributed by atoms with van der Waals surface area (Å²) in [6.07, 6.45) is 1.94. The average Bonchev–Trinajstić information content (AvgIpc) is 1.99. The summed E-state index contributed by atoms with van der Waals surface area (Å²) in [6.45, 7) is 4.19. The molecule has 0 bridgehead atoms. The van der Waals surface area contributed by atoms with Gasteiger partial charge in [-0.05, 0) is 0 Å². The zero-order valence-corrected chi connectivity index (χ0v) is 8.01. The standard InChI is InChI=1S/C8H18N2O/c1-7(2)8(11-5)6-10(4)9-3/h6-7,9H,1-5H3/b8-6+. The third kappa shape index (κ3) is 3.88. The van der Waals surface area contributed by atoms with Gasteiger partial charge in [0, 0.05) is 20.0 Å². The second-order valence-corrected chi connectivity index (χ2v) is 2.72. The highest BCUT2D eigenvalue weighted by atomic mass is 16.5. The molecule has 0 unspecified atom stereocenters. The van der Waals surface area contributed by atoms with E-state index < -0.39 is 0 Å². The van der Waals surface area contributed by atoms with Gasteiger partial charge in [-0.3, -0.25) is 0 Å². The highest BCUT2D eigenvalue weighted by molar-refractivity contribution is 4.93. The molecule has 0 amide bonds. The Hall–Kier alpha value is -0.700. The summed E-state index contributed by atoms with van der Waals surface area (Å²) >= 11 is 0. The maximum absolute atomic E-state index is 5.16. The summed E-state index contributed by atoms with van der Waals surface area (Å²) in [5, 5.41) is 1.86. The first-order chi connectivity index (χ1) is 5.11. The van der Waals surface area contributed by atoms with Crippen LogP contribution in [-0.2, 0) is 4.74 Å². The molecule has 1 N–H and O–H groups in total. The third-order valence-corrected chi connectivity index (χ3v) is 1.48. The smallest absolute Gasteiger partial charge is 0.115 e. The summed E-state index contributed by atoms with van der Waals surface area (Å²) in [6, 6.07) is 0. The molecule has 0 rings (SSSR count). The molecule has 0 saturated carbocycles. The van der Waals surface area contributed by atoms with Crippen molar-refractivity contribution in [3.05, 3.63) is 12.0 Å². The fraction of sp³-hybridized carbons (Fsp3) is 0.750. The van der Waals surface area contributed by atoms with Crippen molar-refractivity contribution >= 4 is 0 Å². The van der Waals surface area contributed by atoms with Crippen LogP contribution in [-0.4, -0.2) is 26.2 Å². The maximum atomic E-state index is 5.16. The Morgan fingerprint density at radius 3 is 2.36 bits per heavy atom. The van der Waals surface area contributed by atoms with Crippen LogP contribution in [0, 0.1) is 5.92 Å². The van der Waals surface area contributed by atoms with Gasteiger partial charge in [0.05, 0.1) is 13.3 Å². The third-order valence-electron chi connectivity index (χ3n) is 1.48. The lowest BCUT2D eigenvalue weighted by Gasteiger charge is -2.16. The fourth-order valence-corrected chi connectivity index (χ4v) is 0.693. The summed E-state index contributed by atoms with van der Waals surface area (Å²) in [5.74, 6) is 1.40. The number of nitrogens with one attached hydrogen (secondary N) is 1. The molecular formula is C8H18N2O. The molecule has 66 valence electrons. The molecule has 0 aliphatic heterocycles. The highest BCUT2D eigenvalue weighted by Gasteiger charge is 2.02. The molecule has 0 aromatic carbocycles. The summed E-state index contributed by atoms with van der Waals surface area (Å²) in [5.41, 5.74) is 2.96. The van der Waals surface area contributed by atoms with Crippen LogP contribution in [0.3, 0.4) is 0 Å². The summed E-state index contributed by atoms with van der Waals surface area (Å²) in [4.78, 5) is 0. The van der Waals surface area contributed by atoms with Crippen LogP contribution in [0.25, 0.3) is 0 Å². The Labute approximate surface area is 69.0 Å². The lowest BCUT2D eigenvalue weighted by atomic mass is 10.2. The van der Waals surface area contributed by atoms with E-state index in [2.05, 4.69) is 19.3 Å². The van der Waals surface area contributed by atoms with Crippen molar-refractivity contribution in [2.24, 2.45) is 5.92 Å². The Morgan fingerprint density at radius 1 is 1.55 bits per heavy atom. The molecule has 0 aromatic heterocycles. The SMILES string of the molecule is CNN(C)/C=C(/OC)C(C)C. The minimum Gasteiger partial charge on any atom is -0.499 e. The van der Waals surface area contributed by atoms with Gasteiger partial charge in [-0.25, -0.2) is 5.43 Å². The van der Waals surface area contributed by atoms with Crippen molar-refractivity contribution in [3.63, 3.8) is 0 Å². The van der Waals surface area contributed by atoms with Gasteiger partial charge in [-0.15, -0.1) is 0 Å². The molecule has 3 heteroatoms. The number of rotatable bonds is 4. The molecule has 0 aliphatic rings. The van der Waals surface area contributed by atoms with Crippen LogP contribution < -0.4 is 5.43 Å². The molecule has 0 saturated heterocycles. The number of hydrogen-bond donors (Lipinski definition) is 1. The van der Waals surface area contributed by atoms with Crippen molar-refractivity contribution in [1.82, 2.24) is 10.4 Å². The maximum Gasteiger partial charge on any atom is 0.115 e. The molecule has 0 aliphatic carbocycles. The first kappa shape index (κ1) is 10.3. The van der Waals surface area contributed by atoms with E-state index in [0.29, 0.717) is 5.92 Å². The van der Waals surface area contributed by atoms with Gasteiger partial charge in [-0.1, -0.05) is 13.8 Å². The Kier molecular flexibility index (Phi) is 4.70. The minimum atomic E-state index is 0.427. The highest BCUT2D eigenvalue weighted by Crippen LogP contribution is 2.09. The van der Waals surface area contributed by atoms with E-state index in [4.69, 9.17) is 4.74 Å². The molecule has 0 atom stereocenters. The number of allylic oxidation sites excluding steroid dienone is 1. The molecule has 0 aromatic rings. The molecule has 0 fully saturated rings. The number of ether oxygens (including phenoxy) is 1. The van der Waals surface area contributed by atoms with Crippen molar-refractivity contribution in [1.29, 1.82) is 0 Å². The summed E-state index contributed by atoms with van der Waals surface area (Å²) in [7, 11) is 5.49. The Morgan fingerprint density at radius 2 is 2.09 bits per heavy atom. The zero-order chi connectivity index (χ0) is 8.85. The predicted octanol–water partition coefficient (Wildman–Crippen LogP) is 1.20. The van der Waals surface area contributed by atoms with Crippen LogP contribution in [0.15, 0.2) is 12.0 Å². The number of hydrazine groups is 1. The largest absolute Gasteiger partial charge is 0.499 e. The lowest BCUT2D eigenvalue weighted by molar-refractivity contribution is 0.233. The minimum absolute atomic E-state index is 0.427. The molecule has 0 heterocycles. The van der Waals surface area contributed by atoms with Gasteiger partial charge in [0.25, 0.3) is 0 Å². The first-order valence-electron chi connectivity index (χ1n) is 3.77. The van der Waals surface area contributed by atoms with Crippen LogP contribution in [0.1, 0.15) is 13.8 Å². The zero-order valence-electron chi connectivity index (χ0n) is 8.01. The molecule has 0 radical (unpaired) electrons. The number of nitrogens with zero attached hydrogens (tertiary/aromatic N) is 1. The van der Waals surface area contributed by atoms with E-state index in [1.165, 1.54) is 0 Å². The van der Waals surface area contributed by atoms with Crippen molar-refractivity contribution in [2.45, 2.75) is 13.8 Å². The van der Waals surface area contributed by atoms with Gasteiger partial charge in [0.2, 0.25) is 0 Å². The normalized spacial score (nSPS) is 12.0. The van der Waals surface area contributed by atoms with Gasteiger partial charge in [0.1, 0.15) is 5.76 Å². The molecule has 3 nitrogen and oxygen atoms in total. The van der Waals surface area contributed by atoms with Crippen LogP contribution in [0.4, 0.5) is 0 Å². The van der Waals surface area contributed by atoms with Crippen molar-refractivity contribution < 1.29 is 4.74 Å². The summed E-state index contributed by atoms with van der Waals surface area (Å²) < 4.78 is 5.16. The van der Waals surface area contributed by atoms with Gasteiger partial charge >= 0.3 is 0 Å². The second-order valence-electron chi connectivity index (χ2n) is 2.72. The van der Waals surface area contributed by atoms with Gasteiger partial charge in [-0.2, -0.15) is 0 Å². The second kappa shape index (κ2) is 5.02. The van der Waals surface area contributed by atoms with E-state index in [0.717, 1.165) is 5.76 Å². The van der Waals surface area contributed by atoms with Crippen LogP contribution >= 0.6 is 0 Å². The fourth-order valence-electron chi connectivity index (χ4n) is 0.693. The number of hydrogen-bond acceptors (Lipinski definition) is 3. The van der Waals surface area contributed by atoms with E-state index in [9.17, 15) is 0 Å². The van der Waals surface area contributed by atoms with Crippen LogP contribution in [0.2, 0.25) is 0 Å².